The number of hydrogen-bond donors (Lipinski definition) is 2. The van der Waals surface area contributed by atoms with Crippen LogP contribution in [0.3, 0.4) is 0 Å². The molecule has 4 heterocycles. The number of hydrogen-bond acceptors (Lipinski definition) is 9. The van der Waals surface area contributed by atoms with Gasteiger partial charge in [0, 0.05) is 0 Å². The normalized spacial score (nSPS) is 29.4. The van der Waals surface area contributed by atoms with Gasteiger partial charge >= 0.3 is 149 Å². The predicted octanol–water partition coefficient (Wildman–Crippen LogP) is 0.114. The standard InChI is InChI=1S/C17H20BN4O6P/c18-29(24)26-7-11-14(28-29)13(23)17(27-11)22-9-21-12-15(22)19-8-20-16(12)25-6-10-4-2-1-3-5-10/h1-5,8-9,11,13-14,17,23-24,29H,6-7,18H2/t11-,13?,14-,17-/m1/s1. The molecule has 0 amide bonds. The van der Waals surface area contributed by atoms with E-state index in [0.29, 0.717) is 23.7 Å². The zero-order chi connectivity index (χ0) is 20.0. The molecule has 12 heteroatoms. The van der Waals surface area contributed by atoms with Gasteiger partial charge in [-0.3, -0.25) is 0 Å². The summed E-state index contributed by atoms with van der Waals surface area (Å²) in [4.78, 5) is 22.9. The molecule has 2 aliphatic rings. The molecule has 0 aliphatic carbocycles. The molecule has 2 saturated heterocycles. The van der Waals surface area contributed by atoms with Crippen LogP contribution in [0.2, 0.25) is 0 Å². The summed E-state index contributed by atoms with van der Waals surface area (Å²) in [5.41, 5.74) is 1.94. The summed E-state index contributed by atoms with van der Waals surface area (Å²) >= 11 is 0. The van der Waals surface area contributed by atoms with Crippen LogP contribution in [0.1, 0.15) is 11.8 Å². The molecule has 0 radical (unpaired) electrons. The van der Waals surface area contributed by atoms with Crippen molar-refractivity contribution in [2.75, 3.05) is 6.61 Å². The number of fused-ring (bicyclic) bond motifs is 2. The maximum absolute atomic E-state index is 10.8. The Morgan fingerprint density at radius 1 is 1.24 bits per heavy atom. The number of ether oxygens (including phenoxy) is 2. The predicted molar refractivity (Wildman–Crippen MR) is 106 cm³/mol. The van der Waals surface area contributed by atoms with Gasteiger partial charge in [-0.05, 0) is 0 Å². The first-order valence-electron chi connectivity index (χ1n) is 9.24. The van der Waals surface area contributed by atoms with Crippen molar-refractivity contribution < 1.29 is 28.5 Å². The van der Waals surface area contributed by atoms with Gasteiger partial charge in [0.05, 0.1) is 0 Å². The summed E-state index contributed by atoms with van der Waals surface area (Å²) in [7, 11) is -1.74. The monoisotopic (exact) mass is 418 g/mol. The molecule has 3 aromatic rings. The molecule has 0 saturated carbocycles. The quantitative estimate of drug-likeness (QED) is 0.449. The van der Waals surface area contributed by atoms with Gasteiger partial charge in [-0.15, -0.1) is 0 Å². The van der Waals surface area contributed by atoms with Crippen molar-refractivity contribution in [2.45, 2.75) is 31.1 Å². The van der Waals surface area contributed by atoms with E-state index in [-0.39, 0.29) is 6.61 Å². The molecule has 5 rings (SSSR count). The van der Waals surface area contributed by atoms with Crippen LogP contribution in [0.15, 0.2) is 43.0 Å². The summed E-state index contributed by atoms with van der Waals surface area (Å²) in [5, 5.41) is 10.8. The maximum atomic E-state index is 10.8. The van der Waals surface area contributed by atoms with Crippen molar-refractivity contribution in [1.29, 1.82) is 0 Å². The van der Waals surface area contributed by atoms with Crippen LogP contribution in [0.5, 0.6) is 5.88 Å². The Bertz CT molecular complexity index is 1020. The third kappa shape index (κ3) is 3.50. The molecular formula is C17H20BN4O6P. The van der Waals surface area contributed by atoms with Crippen molar-refractivity contribution in [1.82, 2.24) is 19.5 Å². The average Bonchev–Trinajstić information content (AvgIpc) is 3.28. The molecule has 2 fully saturated rings. The number of imidazole rings is 1. The molecule has 2 aromatic heterocycles. The third-order valence-corrected chi connectivity index (χ3v) is 6.41. The summed E-state index contributed by atoms with van der Waals surface area (Å²) in [5.74, 6) is 0.345. The molecule has 4 atom stereocenters. The molecule has 29 heavy (non-hydrogen) atoms. The van der Waals surface area contributed by atoms with Crippen molar-refractivity contribution in [3.05, 3.63) is 48.5 Å². The summed E-state index contributed by atoms with van der Waals surface area (Å²) < 4.78 is 24.3. The molecule has 2 N–H and O–H groups in total. The van der Waals surface area contributed by atoms with Crippen molar-refractivity contribution in [2.24, 2.45) is 0 Å². The fraction of sp³-hybridized carbons (Fsp3) is 0.353. The Labute approximate surface area is 167 Å². The van der Waals surface area contributed by atoms with Gasteiger partial charge in [0.25, 0.3) is 0 Å². The van der Waals surface area contributed by atoms with E-state index in [1.54, 1.807) is 4.57 Å². The van der Waals surface area contributed by atoms with E-state index in [1.807, 2.05) is 30.3 Å². The molecule has 10 nitrogen and oxygen atoms in total. The molecule has 152 valence electrons. The fourth-order valence-corrected chi connectivity index (χ4v) is 4.94. The van der Waals surface area contributed by atoms with E-state index in [9.17, 15) is 10.00 Å². The van der Waals surface area contributed by atoms with Crippen LogP contribution in [0.25, 0.3) is 11.2 Å². The summed E-state index contributed by atoms with van der Waals surface area (Å²) in [6, 6.07) is 9.74. The van der Waals surface area contributed by atoms with Crippen molar-refractivity contribution in [3.63, 3.8) is 0 Å². The number of aromatic nitrogens is 4. The van der Waals surface area contributed by atoms with Gasteiger partial charge in [0.1, 0.15) is 0 Å². The Kier molecular flexibility index (Phi) is 4.74. The molecule has 1 aromatic carbocycles. The molecular weight excluding hydrogens is 398 g/mol. The molecule has 0 bridgehead atoms. The zero-order valence-corrected chi connectivity index (χ0v) is 16.6. The second-order valence-electron chi connectivity index (χ2n) is 7.12. The SMILES string of the molecule is B[PH]1(O)OC[C@H]2O[C@@H](n3cnc4c(OCc5ccccc5)ncnc43)C(O)[C@@H]2O1. The van der Waals surface area contributed by atoms with Gasteiger partial charge in [-0.2, -0.15) is 0 Å². The summed E-state index contributed by atoms with van der Waals surface area (Å²) in [6.45, 7) is 0.502. The first-order chi connectivity index (χ1) is 14.0. The van der Waals surface area contributed by atoms with Crippen LogP contribution in [-0.4, -0.2) is 62.0 Å². The Morgan fingerprint density at radius 3 is 2.90 bits per heavy atom. The van der Waals surface area contributed by atoms with E-state index in [1.165, 1.54) is 20.2 Å². The van der Waals surface area contributed by atoms with Crippen molar-refractivity contribution in [3.8, 4) is 5.88 Å². The number of rotatable bonds is 4. The van der Waals surface area contributed by atoms with Crippen LogP contribution in [0, 0.1) is 0 Å². The first kappa shape index (κ1) is 18.9. The number of benzene rings is 1. The van der Waals surface area contributed by atoms with Gasteiger partial charge in [-0.25, -0.2) is 0 Å². The van der Waals surface area contributed by atoms with Gasteiger partial charge in [0.15, 0.2) is 0 Å². The topological polar surface area (TPSA) is 121 Å². The van der Waals surface area contributed by atoms with E-state index >= 15 is 0 Å². The van der Waals surface area contributed by atoms with Crippen LogP contribution in [0.4, 0.5) is 0 Å². The second-order valence-corrected chi connectivity index (χ2v) is 9.44. The Balaban J connectivity index is 1.40. The first-order valence-corrected chi connectivity index (χ1v) is 11.5. The van der Waals surface area contributed by atoms with E-state index in [4.69, 9.17) is 18.5 Å². The van der Waals surface area contributed by atoms with Gasteiger partial charge in [0.2, 0.25) is 0 Å². The number of aliphatic hydroxyl groups is 1. The minimum atomic E-state index is -3.25. The third-order valence-electron chi connectivity index (χ3n) is 5.00. The van der Waals surface area contributed by atoms with Crippen LogP contribution < -0.4 is 4.74 Å². The second kappa shape index (κ2) is 7.28. The van der Waals surface area contributed by atoms with Crippen LogP contribution >= 0.6 is 7.82 Å². The van der Waals surface area contributed by atoms with E-state index < -0.39 is 32.4 Å². The molecule has 1 unspecified atom stereocenters. The number of aliphatic hydroxyl groups excluding tert-OH is 1. The molecule has 2 aliphatic heterocycles. The Morgan fingerprint density at radius 2 is 2.07 bits per heavy atom. The van der Waals surface area contributed by atoms with Gasteiger partial charge in [-0.1, -0.05) is 18.2 Å². The molecule has 0 spiro atoms. The summed E-state index contributed by atoms with van der Waals surface area (Å²) in [6.07, 6.45) is -0.0512. The van der Waals surface area contributed by atoms with E-state index in [0.717, 1.165) is 5.56 Å². The number of nitrogens with zero attached hydrogens (tertiary/aromatic N) is 4. The van der Waals surface area contributed by atoms with E-state index in [2.05, 4.69) is 15.0 Å². The Hall–Kier alpha value is -2.14. The van der Waals surface area contributed by atoms with Crippen LogP contribution in [-0.2, 0) is 20.4 Å². The van der Waals surface area contributed by atoms with Crippen molar-refractivity contribution >= 4 is 26.6 Å². The van der Waals surface area contributed by atoms with Gasteiger partial charge < -0.3 is 0 Å². The average molecular weight is 418 g/mol. The minimum absolute atomic E-state index is 0.157. The fourth-order valence-electron chi connectivity index (χ4n) is 3.60. The zero-order valence-electron chi connectivity index (χ0n) is 15.6.